The van der Waals surface area contributed by atoms with E-state index in [-0.39, 0.29) is 24.2 Å². The third kappa shape index (κ3) is 5.38. The quantitative estimate of drug-likeness (QED) is 0.774. The van der Waals surface area contributed by atoms with E-state index in [1.54, 1.807) is 13.2 Å². The molecule has 0 atom stereocenters. The third-order valence-corrected chi connectivity index (χ3v) is 6.07. The van der Waals surface area contributed by atoms with Crippen molar-refractivity contribution in [1.29, 1.82) is 0 Å². The number of nitrogens with one attached hydrogen (secondary N) is 2. The number of anilines is 1. The first-order valence-corrected chi connectivity index (χ1v) is 10.3. The number of thioether (sulfide) groups is 1. The number of halogens is 1. The van der Waals surface area contributed by atoms with E-state index in [1.165, 1.54) is 0 Å². The molecule has 0 spiro atoms. The van der Waals surface area contributed by atoms with Gasteiger partial charge in [0.05, 0.1) is 12.0 Å². The molecule has 0 unspecified atom stereocenters. The number of benzene rings is 1. The lowest BCUT2D eigenvalue weighted by atomic mass is 9.78. The summed E-state index contributed by atoms with van der Waals surface area (Å²) in [5.74, 6) is 1.97. The Kier molecular flexibility index (Phi) is 8.41. The molecular formula is C19H28ClN3O3S. The van der Waals surface area contributed by atoms with E-state index >= 15 is 0 Å². The van der Waals surface area contributed by atoms with Crippen molar-refractivity contribution in [3.63, 3.8) is 0 Å². The number of nitrogens with zero attached hydrogens (tertiary/aromatic N) is 1. The molecule has 150 valence electrons. The Morgan fingerprint density at radius 3 is 2.63 bits per heavy atom. The minimum atomic E-state index is -0.510. The lowest BCUT2D eigenvalue weighted by Gasteiger charge is -2.35. The normalized spacial score (nSPS) is 19.1. The second kappa shape index (κ2) is 10.3. The van der Waals surface area contributed by atoms with E-state index < -0.39 is 5.41 Å². The van der Waals surface area contributed by atoms with Crippen LogP contribution in [0.15, 0.2) is 24.3 Å². The zero-order valence-corrected chi connectivity index (χ0v) is 17.3. The molecule has 0 bridgehead atoms. The maximum Gasteiger partial charge on any atom is 0.253 e. The molecule has 2 heterocycles. The fourth-order valence-electron chi connectivity index (χ4n) is 3.56. The van der Waals surface area contributed by atoms with Crippen molar-refractivity contribution in [1.82, 2.24) is 10.2 Å². The van der Waals surface area contributed by atoms with E-state index in [4.69, 9.17) is 4.74 Å². The molecule has 0 aromatic heterocycles. The Morgan fingerprint density at radius 1 is 1.26 bits per heavy atom. The van der Waals surface area contributed by atoms with Crippen LogP contribution < -0.4 is 10.6 Å². The highest BCUT2D eigenvalue weighted by Crippen LogP contribution is 2.31. The van der Waals surface area contributed by atoms with Crippen LogP contribution in [0.4, 0.5) is 5.69 Å². The van der Waals surface area contributed by atoms with Gasteiger partial charge in [0.25, 0.3) is 5.91 Å². The summed E-state index contributed by atoms with van der Waals surface area (Å²) in [6, 6.07) is 7.26. The minimum absolute atomic E-state index is 0. The predicted octanol–water partition coefficient (Wildman–Crippen LogP) is 2.25. The van der Waals surface area contributed by atoms with Gasteiger partial charge in [-0.05, 0) is 44.1 Å². The van der Waals surface area contributed by atoms with Crippen LogP contribution in [-0.2, 0) is 9.53 Å². The Morgan fingerprint density at radius 2 is 1.96 bits per heavy atom. The highest BCUT2D eigenvalue weighted by Gasteiger charge is 2.39. The van der Waals surface area contributed by atoms with Gasteiger partial charge in [0.2, 0.25) is 5.91 Å². The minimum Gasteiger partial charge on any atom is -0.384 e. The molecule has 0 aliphatic carbocycles. The smallest absolute Gasteiger partial charge is 0.253 e. The Bertz CT molecular complexity index is 641. The average Bonchev–Trinajstić information content (AvgIpc) is 2.69. The zero-order chi connectivity index (χ0) is 18.4. The molecule has 0 radical (unpaired) electrons. The van der Waals surface area contributed by atoms with Crippen molar-refractivity contribution in [2.24, 2.45) is 5.41 Å². The van der Waals surface area contributed by atoms with Crippen LogP contribution in [-0.4, -0.2) is 68.1 Å². The first-order valence-electron chi connectivity index (χ1n) is 9.13. The van der Waals surface area contributed by atoms with Crippen LogP contribution in [0, 0.1) is 5.41 Å². The van der Waals surface area contributed by atoms with Crippen LogP contribution in [0.25, 0.3) is 0 Å². The van der Waals surface area contributed by atoms with Crippen LogP contribution >= 0.6 is 24.2 Å². The summed E-state index contributed by atoms with van der Waals surface area (Å²) in [6.45, 7) is 3.59. The van der Waals surface area contributed by atoms with E-state index in [9.17, 15) is 9.59 Å². The fraction of sp³-hybridized carbons (Fsp3) is 0.579. The number of carbonyl (C=O) groups excluding carboxylic acids is 2. The average molecular weight is 414 g/mol. The topological polar surface area (TPSA) is 70.7 Å². The summed E-state index contributed by atoms with van der Waals surface area (Å²) in [6.07, 6.45) is 1.49. The molecule has 1 aromatic carbocycles. The van der Waals surface area contributed by atoms with Crippen LogP contribution in [0.5, 0.6) is 0 Å². The molecule has 1 aromatic rings. The molecule has 2 aliphatic rings. The Hall–Kier alpha value is -1.28. The molecule has 2 fully saturated rings. The van der Waals surface area contributed by atoms with Gasteiger partial charge in [0.1, 0.15) is 0 Å². The highest BCUT2D eigenvalue weighted by atomic mass is 35.5. The number of amides is 2. The zero-order valence-electron chi connectivity index (χ0n) is 15.7. The molecule has 3 rings (SSSR count). The summed E-state index contributed by atoms with van der Waals surface area (Å²) in [4.78, 5) is 27.5. The van der Waals surface area contributed by atoms with E-state index in [0.29, 0.717) is 17.9 Å². The van der Waals surface area contributed by atoms with Gasteiger partial charge in [-0.2, -0.15) is 11.8 Å². The molecule has 2 saturated heterocycles. The first kappa shape index (κ1) is 22.0. The molecule has 27 heavy (non-hydrogen) atoms. The highest BCUT2D eigenvalue weighted by molar-refractivity contribution is 7.99. The second-order valence-electron chi connectivity index (χ2n) is 6.90. The predicted molar refractivity (Wildman–Crippen MR) is 112 cm³/mol. The van der Waals surface area contributed by atoms with E-state index in [0.717, 1.165) is 50.5 Å². The summed E-state index contributed by atoms with van der Waals surface area (Å²) in [7, 11) is 1.63. The number of ether oxygens (including phenoxy) is 1. The number of hydrogen-bond acceptors (Lipinski definition) is 5. The van der Waals surface area contributed by atoms with Crippen LogP contribution in [0.3, 0.4) is 0 Å². The second-order valence-corrected chi connectivity index (χ2v) is 8.13. The van der Waals surface area contributed by atoms with Crippen molar-refractivity contribution < 1.29 is 14.3 Å². The van der Waals surface area contributed by atoms with Crippen molar-refractivity contribution in [2.75, 3.05) is 56.7 Å². The summed E-state index contributed by atoms with van der Waals surface area (Å²) in [5.41, 5.74) is 0.784. The van der Waals surface area contributed by atoms with Crippen molar-refractivity contribution >= 4 is 41.7 Å². The van der Waals surface area contributed by atoms with Crippen LogP contribution in [0.2, 0.25) is 0 Å². The number of carbonyl (C=O) groups is 2. The molecule has 0 saturated carbocycles. The summed E-state index contributed by atoms with van der Waals surface area (Å²) in [5, 5.41) is 6.30. The first-order chi connectivity index (χ1) is 12.6. The Balaban J connectivity index is 0.00000261. The van der Waals surface area contributed by atoms with Crippen molar-refractivity contribution in [2.45, 2.75) is 12.8 Å². The maximum absolute atomic E-state index is 12.9. The molecular weight excluding hydrogens is 386 g/mol. The number of rotatable bonds is 5. The number of hydrogen-bond donors (Lipinski definition) is 2. The van der Waals surface area contributed by atoms with Gasteiger partial charge in [0, 0.05) is 43.0 Å². The van der Waals surface area contributed by atoms with Gasteiger partial charge >= 0.3 is 0 Å². The fourth-order valence-corrected chi connectivity index (χ4v) is 4.46. The largest absolute Gasteiger partial charge is 0.384 e. The molecule has 2 amide bonds. The molecule has 2 N–H and O–H groups in total. The van der Waals surface area contributed by atoms with Gasteiger partial charge in [0.15, 0.2) is 0 Å². The summed E-state index contributed by atoms with van der Waals surface area (Å²) < 4.78 is 5.33. The molecule has 6 nitrogen and oxygen atoms in total. The van der Waals surface area contributed by atoms with Gasteiger partial charge in [-0.3, -0.25) is 9.59 Å². The number of piperidine rings is 1. The van der Waals surface area contributed by atoms with Crippen molar-refractivity contribution in [3.8, 4) is 0 Å². The van der Waals surface area contributed by atoms with Crippen LogP contribution in [0.1, 0.15) is 23.2 Å². The van der Waals surface area contributed by atoms with Gasteiger partial charge in [-0.15, -0.1) is 12.4 Å². The van der Waals surface area contributed by atoms with Gasteiger partial charge < -0.3 is 20.3 Å². The SMILES string of the molecule is COCC1(C(=O)Nc2cccc(C(=O)N3CCSCC3)c2)CCNCC1.Cl. The standard InChI is InChI=1S/C19H27N3O3S.ClH/c1-25-14-19(5-7-20-8-6-19)18(24)21-16-4-2-3-15(13-16)17(23)22-9-11-26-12-10-22;/h2-4,13,20H,5-12,14H2,1H3,(H,21,24);1H. The lowest BCUT2D eigenvalue weighted by molar-refractivity contribution is -0.130. The maximum atomic E-state index is 12.9. The monoisotopic (exact) mass is 413 g/mol. The van der Waals surface area contributed by atoms with E-state index in [1.807, 2.05) is 34.9 Å². The lowest BCUT2D eigenvalue weighted by Crippen LogP contribution is -2.47. The van der Waals surface area contributed by atoms with Crippen molar-refractivity contribution in [3.05, 3.63) is 29.8 Å². The summed E-state index contributed by atoms with van der Waals surface area (Å²) >= 11 is 1.87. The number of methoxy groups -OCH3 is 1. The third-order valence-electron chi connectivity index (χ3n) is 5.13. The Labute approximate surface area is 171 Å². The van der Waals surface area contributed by atoms with E-state index in [2.05, 4.69) is 10.6 Å². The van der Waals surface area contributed by atoms with Gasteiger partial charge in [-0.25, -0.2) is 0 Å². The molecule has 2 aliphatic heterocycles. The van der Waals surface area contributed by atoms with Gasteiger partial charge in [-0.1, -0.05) is 6.07 Å². The molecule has 8 heteroatoms.